The molecule has 0 aliphatic heterocycles. The maximum atomic E-state index is 5.31. The molecule has 0 amide bonds. The van der Waals surface area contributed by atoms with Gasteiger partial charge in [-0.15, -0.1) is 0 Å². The molecule has 0 aromatic carbocycles. The fourth-order valence-corrected chi connectivity index (χ4v) is 1.85. The van der Waals surface area contributed by atoms with Crippen molar-refractivity contribution in [2.45, 2.75) is 45.8 Å². The molecule has 0 saturated carbocycles. The van der Waals surface area contributed by atoms with E-state index in [1.165, 1.54) is 0 Å². The summed E-state index contributed by atoms with van der Waals surface area (Å²) in [5.41, 5.74) is 0. The van der Waals surface area contributed by atoms with E-state index < -0.39 is 8.07 Å². The SMILES string of the molecule is CCOC(C#C/C=C/C[Si](C)(C)C)OCC. The maximum absolute atomic E-state index is 5.31. The molecule has 0 radical (unpaired) electrons. The molecule has 0 atom stereocenters. The summed E-state index contributed by atoms with van der Waals surface area (Å²) in [6.45, 7) is 12.1. The smallest absolute Gasteiger partial charge is 0.222 e. The summed E-state index contributed by atoms with van der Waals surface area (Å²) in [5, 5.41) is 0. The molecule has 0 rings (SSSR count). The molecular weight excluding hydrogens is 216 g/mol. The molecule has 0 bridgehead atoms. The Balaban J connectivity index is 4.04. The van der Waals surface area contributed by atoms with Crippen molar-refractivity contribution in [3.8, 4) is 11.8 Å². The third-order valence-electron chi connectivity index (χ3n) is 1.77. The summed E-state index contributed by atoms with van der Waals surface area (Å²) in [6, 6.07) is 1.16. The van der Waals surface area contributed by atoms with E-state index in [-0.39, 0.29) is 6.29 Å². The van der Waals surface area contributed by atoms with Crippen molar-refractivity contribution in [1.29, 1.82) is 0 Å². The Hall–Kier alpha value is -0.563. The van der Waals surface area contributed by atoms with Crippen LogP contribution in [-0.2, 0) is 9.47 Å². The molecule has 2 nitrogen and oxygen atoms in total. The van der Waals surface area contributed by atoms with Gasteiger partial charge in [0.2, 0.25) is 6.29 Å². The summed E-state index contributed by atoms with van der Waals surface area (Å²) in [6.07, 6.45) is 3.67. The van der Waals surface area contributed by atoms with E-state index in [2.05, 4.69) is 37.6 Å². The summed E-state index contributed by atoms with van der Waals surface area (Å²) in [5.74, 6) is 5.91. The van der Waals surface area contributed by atoms with Gasteiger partial charge in [0.1, 0.15) is 0 Å². The molecule has 16 heavy (non-hydrogen) atoms. The van der Waals surface area contributed by atoms with Crippen molar-refractivity contribution in [2.75, 3.05) is 13.2 Å². The van der Waals surface area contributed by atoms with Gasteiger partial charge in [0.25, 0.3) is 0 Å². The first-order valence-electron chi connectivity index (χ1n) is 5.89. The summed E-state index contributed by atoms with van der Waals surface area (Å²) in [7, 11) is -0.982. The van der Waals surface area contributed by atoms with Crippen molar-refractivity contribution in [1.82, 2.24) is 0 Å². The number of hydrogen-bond acceptors (Lipinski definition) is 2. The Morgan fingerprint density at radius 1 is 1.12 bits per heavy atom. The highest BCUT2D eigenvalue weighted by Gasteiger charge is 2.08. The van der Waals surface area contributed by atoms with Crippen LogP contribution in [-0.4, -0.2) is 27.6 Å². The van der Waals surface area contributed by atoms with Crippen LogP contribution in [0.4, 0.5) is 0 Å². The molecule has 0 unspecified atom stereocenters. The van der Waals surface area contributed by atoms with E-state index in [4.69, 9.17) is 9.47 Å². The van der Waals surface area contributed by atoms with Crippen LogP contribution in [0, 0.1) is 11.8 Å². The lowest BCUT2D eigenvalue weighted by atomic mass is 10.5. The quantitative estimate of drug-likeness (QED) is 0.403. The maximum Gasteiger partial charge on any atom is 0.222 e. The minimum Gasteiger partial charge on any atom is -0.342 e. The predicted molar refractivity (Wildman–Crippen MR) is 72.1 cm³/mol. The zero-order valence-electron chi connectivity index (χ0n) is 11.2. The van der Waals surface area contributed by atoms with Gasteiger partial charge >= 0.3 is 0 Å². The second-order valence-corrected chi connectivity index (χ2v) is 10.2. The Morgan fingerprint density at radius 2 is 1.69 bits per heavy atom. The van der Waals surface area contributed by atoms with Gasteiger partial charge in [0, 0.05) is 21.3 Å². The first kappa shape index (κ1) is 15.4. The zero-order chi connectivity index (χ0) is 12.4. The van der Waals surface area contributed by atoms with Crippen LogP contribution in [0.15, 0.2) is 12.2 Å². The van der Waals surface area contributed by atoms with Crippen LogP contribution >= 0.6 is 0 Å². The number of rotatable bonds is 6. The first-order valence-corrected chi connectivity index (χ1v) is 9.59. The monoisotopic (exact) mass is 240 g/mol. The lowest BCUT2D eigenvalue weighted by molar-refractivity contribution is -0.0969. The van der Waals surface area contributed by atoms with E-state index >= 15 is 0 Å². The van der Waals surface area contributed by atoms with Gasteiger partial charge in [-0.1, -0.05) is 31.6 Å². The van der Waals surface area contributed by atoms with Crippen molar-refractivity contribution >= 4 is 8.07 Å². The summed E-state index contributed by atoms with van der Waals surface area (Å²) >= 11 is 0. The van der Waals surface area contributed by atoms with Gasteiger partial charge in [0.05, 0.1) is 0 Å². The molecule has 0 aliphatic rings. The van der Waals surface area contributed by atoms with Gasteiger partial charge in [-0.2, -0.15) is 0 Å². The van der Waals surface area contributed by atoms with Crippen molar-refractivity contribution in [3.05, 3.63) is 12.2 Å². The van der Waals surface area contributed by atoms with Gasteiger partial charge in [-0.05, 0) is 31.9 Å². The normalized spacial score (nSPS) is 11.9. The standard InChI is InChI=1S/C13H24O2Si/c1-6-14-13(15-7-2)11-9-8-10-12-16(3,4)5/h8,10,13H,6-7,12H2,1-5H3/b10-8+. The van der Waals surface area contributed by atoms with Crippen molar-refractivity contribution in [2.24, 2.45) is 0 Å². The van der Waals surface area contributed by atoms with Crippen LogP contribution < -0.4 is 0 Å². The van der Waals surface area contributed by atoms with Crippen LogP contribution in [0.1, 0.15) is 13.8 Å². The van der Waals surface area contributed by atoms with E-state index in [9.17, 15) is 0 Å². The van der Waals surface area contributed by atoms with Gasteiger partial charge in [-0.3, -0.25) is 0 Å². The van der Waals surface area contributed by atoms with E-state index in [0.717, 1.165) is 6.04 Å². The fraction of sp³-hybridized carbons (Fsp3) is 0.692. The largest absolute Gasteiger partial charge is 0.342 e. The summed E-state index contributed by atoms with van der Waals surface area (Å²) in [4.78, 5) is 0. The topological polar surface area (TPSA) is 18.5 Å². The lowest BCUT2D eigenvalue weighted by Gasteiger charge is -2.11. The third-order valence-corrected chi connectivity index (χ3v) is 3.23. The van der Waals surface area contributed by atoms with Gasteiger partial charge in [0.15, 0.2) is 0 Å². The average Bonchev–Trinajstić information content (AvgIpc) is 2.16. The van der Waals surface area contributed by atoms with Crippen molar-refractivity contribution in [3.63, 3.8) is 0 Å². The Morgan fingerprint density at radius 3 is 2.12 bits per heavy atom. The van der Waals surface area contributed by atoms with E-state index in [0.29, 0.717) is 13.2 Å². The molecule has 0 aromatic rings. The highest BCUT2D eigenvalue weighted by molar-refractivity contribution is 6.76. The van der Waals surface area contributed by atoms with Crippen molar-refractivity contribution < 1.29 is 9.47 Å². The van der Waals surface area contributed by atoms with Crippen LogP contribution in [0.25, 0.3) is 0 Å². The van der Waals surface area contributed by atoms with Gasteiger partial charge < -0.3 is 9.47 Å². The van der Waals surface area contributed by atoms with Gasteiger partial charge in [-0.25, -0.2) is 0 Å². The molecule has 0 N–H and O–H groups in total. The minimum absolute atomic E-state index is 0.383. The Kier molecular flexibility index (Phi) is 8.27. The Labute approximate surface area is 101 Å². The fourth-order valence-electron chi connectivity index (χ4n) is 1.02. The molecule has 92 valence electrons. The minimum atomic E-state index is -0.982. The third kappa shape index (κ3) is 9.97. The second kappa shape index (κ2) is 8.57. The average molecular weight is 240 g/mol. The molecular formula is C13H24O2Si. The lowest BCUT2D eigenvalue weighted by Crippen LogP contribution is -2.17. The number of hydrogen-bond donors (Lipinski definition) is 0. The predicted octanol–water partition coefficient (Wildman–Crippen LogP) is 3.28. The highest BCUT2D eigenvalue weighted by Crippen LogP contribution is 2.07. The van der Waals surface area contributed by atoms with E-state index in [1.54, 1.807) is 0 Å². The van der Waals surface area contributed by atoms with Crippen LogP contribution in [0.3, 0.4) is 0 Å². The van der Waals surface area contributed by atoms with Crippen LogP contribution in [0.5, 0.6) is 0 Å². The van der Waals surface area contributed by atoms with Crippen LogP contribution in [0.2, 0.25) is 25.7 Å². The van der Waals surface area contributed by atoms with E-state index in [1.807, 2.05) is 19.9 Å². The second-order valence-electron chi connectivity index (χ2n) is 4.70. The first-order chi connectivity index (χ1) is 7.49. The number of ether oxygens (including phenoxy) is 2. The molecule has 0 heterocycles. The highest BCUT2D eigenvalue weighted by atomic mass is 28.3. The molecule has 0 spiro atoms. The Bertz CT molecular complexity index is 249. The zero-order valence-corrected chi connectivity index (χ0v) is 12.2. The molecule has 3 heteroatoms. The molecule has 0 aliphatic carbocycles. The molecule has 0 saturated heterocycles. The summed E-state index contributed by atoms with van der Waals surface area (Å²) < 4.78 is 10.6. The molecule has 0 aromatic heterocycles. The number of allylic oxidation sites excluding steroid dienone is 2. The molecule has 0 fully saturated rings.